The highest BCUT2D eigenvalue weighted by molar-refractivity contribution is 6.75. The molecule has 1 rings (SSSR count). The third-order valence-electron chi connectivity index (χ3n) is 2.40. The minimum atomic E-state index is -5.16. The Morgan fingerprint density at radius 1 is 0.600 bits per heavy atom. The second-order valence-corrected chi connectivity index (χ2v) is 7.19. The molecule has 0 heterocycles. The molecule has 0 amide bonds. The van der Waals surface area contributed by atoms with Crippen LogP contribution in [-0.2, 0) is 13.3 Å². The average molecular weight is 402 g/mol. The summed E-state index contributed by atoms with van der Waals surface area (Å²) in [6.07, 6.45) is -15.1. The number of hydrogen-bond acceptors (Lipinski definition) is 3. The Balaban J connectivity index is 3.19. The summed E-state index contributed by atoms with van der Waals surface area (Å²) in [5.41, 5.74) is 0. The first-order valence-corrected chi connectivity index (χ1v) is 8.13. The van der Waals surface area contributed by atoms with Crippen molar-refractivity contribution in [1.29, 1.82) is 0 Å². The van der Waals surface area contributed by atoms with Gasteiger partial charge in [-0.05, 0) is 0 Å². The number of hydrogen-bond donors (Lipinski definition) is 0. The topological polar surface area (TPSA) is 27.7 Å². The molecule has 0 saturated heterocycles. The second kappa shape index (κ2) is 7.93. The third-order valence-corrected chi connectivity index (χ3v) is 5.02. The van der Waals surface area contributed by atoms with E-state index < -0.39 is 52.3 Å². The molecule has 144 valence electrons. The zero-order valence-electron chi connectivity index (χ0n) is 12.1. The molecule has 1 aromatic carbocycles. The molecule has 13 heteroatoms. The highest BCUT2D eigenvalue weighted by Crippen LogP contribution is 2.25. The van der Waals surface area contributed by atoms with Crippen molar-refractivity contribution in [3.63, 3.8) is 0 Å². The van der Waals surface area contributed by atoms with Crippen LogP contribution in [0.2, 0.25) is 0 Å². The van der Waals surface area contributed by atoms with Gasteiger partial charge in [0, 0.05) is 5.19 Å². The van der Waals surface area contributed by atoms with Crippen LogP contribution in [0.1, 0.15) is 0 Å². The van der Waals surface area contributed by atoms with Crippen LogP contribution in [-0.4, -0.2) is 47.2 Å². The van der Waals surface area contributed by atoms with E-state index in [4.69, 9.17) is 0 Å². The fourth-order valence-corrected chi connectivity index (χ4v) is 3.96. The van der Waals surface area contributed by atoms with Gasteiger partial charge < -0.3 is 13.3 Å². The second-order valence-electron chi connectivity index (χ2n) is 4.63. The Kier molecular flexibility index (Phi) is 6.89. The molecular formula is C12H11F9O3Si. The number of alkyl halides is 9. The van der Waals surface area contributed by atoms with E-state index in [-0.39, 0.29) is 0 Å². The molecule has 0 aliphatic carbocycles. The molecule has 0 fully saturated rings. The summed E-state index contributed by atoms with van der Waals surface area (Å²) in [6.45, 7) is -6.41. The minimum Gasteiger partial charge on any atom is -0.360 e. The van der Waals surface area contributed by atoms with Gasteiger partial charge in [0.2, 0.25) is 0 Å². The number of rotatable bonds is 7. The van der Waals surface area contributed by atoms with E-state index in [1.165, 1.54) is 18.2 Å². The first-order chi connectivity index (χ1) is 11.2. The predicted molar refractivity (Wildman–Crippen MR) is 67.9 cm³/mol. The Labute approximate surface area is 136 Å². The summed E-state index contributed by atoms with van der Waals surface area (Å²) in [5.74, 6) is 0. The van der Waals surface area contributed by atoms with Crippen molar-refractivity contribution in [2.75, 3.05) is 19.8 Å². The molecule has 0 aromatic heterocycles. The summed E-state index contributed by atoms with van der Waals surface area (Å²) >= 11 is 0. The Bertz CT molecular complexity index is 482. The Morgan fingerprint density at radius 2 is 0.920 bits per heavy atom. The first-order valence-electron chi connectivity index (χ1n) is 6.40. The maximum atomic E-state index is 12.4. The monoisotopic (exact) mass is 402 g/mol. The van der Waals surface area contributed by atoms with Crippen LogP contribution < -0.4 is 5.19 Å². The molecule has 0 spiro atoms. The molecule has 0 saturated carbocycles. The molecule has 0 aliphatic heterocycles. The van der Waals surface area contributed by atoms with Crippen LogP contribution in [0.4, 0.5) is 39.5 Å². The lowest BCUT2D eigenvalue weighted by Crippen LogP contribution is -2.59. The molecular weight excluding hydrogens is 391 g/mol. The summed E-state index contributed by atoms with van der Waals surface area (Å²) in [4.78, 5) is 0. The smallest absolute Gasteiger partial charge is 0.360 e. The van der Waals surface area contributed by atoms with E-state index in [2.05, 4.69) is 13.3 Å². The minimum absolute atomic E-state index is 0.465. The van der Waals surface area contributed by atoms with Gasteiger partial charge in [-0.3, -0.25) is 0 Å². The van der Waals surface area contributed by atoms with Gasteiger partial charge in [0.15, 0.2) is 0 Å². The van der Waals surface area contributed by atoms with Gasteiger partial charge in [-0.1, -0.05) is 30.3 Å². The van der Waals surface area contributed by atoms with E-state index in [1.807, 2.05) is 0 Å². The predicted octanol–water partition coefficient (Wildman–Crippen LogP) is 3.57. The fraction of sp³-hybridized carbons (Fsp3) is 0.500. The average Bonchev–Trinajstić information content (AvgIpc) is 2.45. The van der Waals surface area contributed by atoms with Gasteiger partial charge in [-0.25, -0.2) is 0 Å². The first kappa shape index (κ1) is 21.7. The molecule has 0 N–H and O–H groups in total. The van der Waals surface area contributed by atoms with E-state index >= 15 is 0 Å². The van der Waals surface area contributed by atoms with E-state index in [1.54, 1.807) is 0 Å². The van der Waals surface area contributed by atoms with Crippen molar-refractivity contribution in [3.05, 3.63) is 30.3 Å². The van der Waals surface area contributed by atoms with Gasteiger partial charge in [0.25, 0.3) is 0 Å². The highest BCUT2D eigenvalue weighted by Gasteiger charge is 2.51. The summed E-state index contributed by atoms with van der Waals surface area (Å²) in [6, 6.07) is 5.65. The zero-order chi connectivity index (χ0) is 19.4. The molecule has 0 atom stereocenters. The van der Waals surface area contributed by atoms with Crippen LogP contribution in [0.3, 0.4) is 0 Å². The van der Waals surface area contributed by atoms with Crippen LogP contribution in [0.15, 0.2) is 30.3 Å². The summed E-state index contributed by atoms with van der Waals surface area (Å²) < 4.78 is 125. The molecule has 0 unspecified atom stereocenters. The summed E-state index contributed by atoms with van der Waals surface area (Å²) in [5, 5.41) is -0.465. The molecule has 3 nitrogen and oxygen atoms in total. The normalized spacial score (nSPS) is 14.0. The van der Waals surface area contributed by atoms with Crippen LogP contribution >= 0.6 is 0 Å². The van der Waals surface area contributed by atoms with Crippen molar-refractivity contribution in [2.24, 2.45) is 0 Å². The van der Waals surface area contributed by atoms with E-state index in [0.29, 0.717) is 0 Å². The van der Waals surface area contributed by atoms with Crippen LogP contribution in [0.5, 0.6) is 0 Å². The van der Waals surface area contributed by atoms with Crippen molar-refractivity contribution >= 4 is 14.0 Å². The Hall–Kier alpha value is -1.31. The van der Waals surface area contributed by atoms with E-state index in [0.717, 1.165) is 12.1 Å². The van der Waals surface area contributed by atoms with Crippen molar-refractivity contribution in [2.45, 2.75) is 18.5 Å². The lowest BCUT2D eigenvalue weighted by molar-refractivity contribution is -0.191. The van der Waals surface area contributed by atoms with Crippen LogP contribution in [0, 0.1) is 0 Å². The molecule has 25 heavy (non-hydrogen) atoms. The number of halogens is 9. The zero-order valence-corrected chi connectivity index (χ0v) is 13.1. The fourth-order valence-electron chi connectivity index (χ4n) is 1.55. The molecule has 1 aromatic rings. The van der Waals surface area contributed by atoms with Crippen molar-refractivity contribution < 1.29 is 52.8 Å². The van der Waals surface area contributed by atoms with Gasteiger partial charge in [0.1, 0.15) is 19.8 Å². The molecule has 0 bridgehead atoms. The maximum Gasteiger partial charge on any atom is 0.538 e. The van der Waals surface area contributed by atoms with E-state index in [9.17, 15) is 39.5 Å². The Morgan fingerprint density at radius 3 is 1.20 bits per heavy atom. The highest BCUT2D eigenvalue weighted by atomic mass is 28.4. The van der Waals surface area contributed by atoms with Gasteiger partial charge in [0.05, 0.1) is 0 Å². The quantitative estimate of drug-likeness (QED) is 0.516. The summed E-state index contributed by atoms with van der Waals surface area (Å²) in [7, 11) is -5.16. The van der Waals surface area contributed by atoms with Gasteiger partial charge in [-0.2, -0.15) is 39.5 Å². The van der Waals surface area contributed by atoms with Gasteiger partial charge in [-0.15, -0.1) is 0 Å². The molecule has 0 aliphatic rings. The lowest BCUT2D eigenvalue weighted by Gasteiger charge is -2.30. The maximum absolute atomic E-state index is 12.4. The van der Waals surface area contributed by atoms with Gasteiger partial charge >= 0.3 is 27.3 Å². The molecule has 0 radical (unpaired) electrons. The lowest BCUT2D eigenvalue weighted by atomic mass is 10.4. The largest absolute Gasteiger partial charge is 0.538 e. The van der Waals surface area contributed by atoms with Crippen molar-refractivity contribution in [1.82, 2.24) is 0 Å². The number of benzene rings is 1. The SMILES string of the molecule is FC(F)(F)CO[Si](OCC(F)(F)F)(OCC(F)(F)F)c1ccccc1. The van der Waals surface area contributed by atoms with Crippen LogP contribution in [0.25, 0.3) is 0 Å². The third kappa shape index (κ3) is 8.56. The van der Waals surface area contributed by atoms with Crippen molar-refractivity contribution in [3.8, 4) is 0 Å². The standard InChI is InChI=1S/C12H11F9O3Si/c13-10(14,15)6-22-25(23-7-11(16,17)18,24-8-12(19,20)21)9-4-2-1-3-5-9/h1-5H,6-8H2.